The summed E-state index contributed by atoms with van der Waals surface area (Å²) < 4.78 is 4.54. The monoisotopic (exact) mass is 290 g/mol. The molecule has 0 aliphatic heterocycles. The summed E-state index contributed by atoms with van der Waals surface area (Å²) in [5.41, 5.74) is 1.95. The third-order valence-corrected chi connectivity index (χ3v) is 3.63. The van der Waals surface area contributed by atoms with Crippen LogP contribution in [0.5, 0.6) is 0 Å². The lowest BCUT2D eigenvalue weighted by Gasteiger charge is -2.04. The molecule has 0 heterocycles. The van der Waals surface area contributed by atoms with E-state index in [1.807, 2.05) is 24.3 Å². The Morgan fingerprint density at radius 1 is 0.952 bits per heavy atom. The molecule has 0 aromatic heterocycles. The number of methoxy groups -OCH3 is 1. The Hall–Kier alpha value is -1.64. The van der Waals surface area contributed by atoms with Crippen LogP contribution >= 0.6 is 0 Å². The molecule has 0 aliphatic carbocycles. The molecule has 116 valence electrons. The van der Waals surface area contributed by atoms with Crippen LogP contribution in [-0.2, 0) is 16.0 Å². The lowest BCUT2D eigenvalue weighted by atomic mass is 10.0. The fourth-order valence-electron chi connectivity index (χ4n) is 2.25. The molecule has 0 unspecified atom stereocenters. The van der Waals surface area contributed by atoms with Crippen molar-refractivity contribution in [2.75, 3.05) is 7.11 Å². The molecule has 3 heteroatoms. The first-order chi connectivity index (χ1) is 10.2. The second-order valence-corrected chi connectivity index (χ2v) is 5.36. The van der Waals surface area contributed by atoms with Crippen molar-refractivity contribution in [3.8, 4) is 0 Å². The van der Waals surface area contributed by atoms with E-state index in [1.54, 1.807) is 0 Å². The number of benzene rings is 1. The van der Waals surface area contributed by atoms with Gasteiger partial charge >= 0.3 is 5.97 Å². The highest BCUT2D eigenvalue weighted by molar-refractivity contribution is 5.97. The maximum atomic E-state index is 11.9. The Labute approximate surface area is 127 Å². The van der Waals surface area contributed by atoms with Gasteiger partial charge in [-0.25, -0.2) is 0 Å². The van der Waals surface area contributed by atoms with Gasteiger partial charge < -0.3 is 4.74 Å². The lowest BCUT2D eigenvalue weighted by Crippen LogP contribution is -2.06. The number of carbonyl (C=O) groups excluding carboxylic acids is 2. The average molecular weight is 290 g/mol. The normalized spacial score (nSPS) is 10.4. The summed E-state index contributed by atoms with van der Waals surface area (Å²) in [7, 11) is 1.34. The van der Waals surface area contributed by atoms with Gasteiger partial charge in [0.25, 0.3) is 0 Å². The maximum Gasteiger partial charge on any atom is 0.305 e. The first kappa shape index (κ1) is 17.4. The van der Waals surface area contributed by atoms with Crippen LogP contribution in [0.25, 0.3) is 0 Å². The molecule has 0 radical (unpaired) electrons. The highest BCUT2D eigenvalue weighted by atomic mass is 16.5. The van der Waals surface area contributed by atoms with Crippen LogP contribution in [0.1, 0.15) is 67.8 Å². The summed E-state index contributed by atoms with van der Waals surface area (Å²) in [5, 5.41) is 0. The Bertz CT molecular complexity index is 434. The summed E-state index contributed by atoms with van der Waals surface area (Å²) in [4.78, 5) is 22.9. The molecular formula is C18H26O3. The molecule has 0 aliphatic rings. The van der Waals surface area contributed by atoms with Crippen LogP contribution in [0.15, 0.2) is 24.3 Å². The zero-order valence-corrected chi connectivity index (χ0v) is 13.2. The van der Waals surface area contributed by atoms with Gasteiger partial charge in [-0.3, -0.25) is 9.59 Å². The Morgan fingerprint density at radius 2 is 1.62 bits per heavy atom. The molecule has 0 spiro atoms. The summed E-state index contributed by atoms with van der Waals surface area (Å²) in [6.45, 7) is 2.22. The van der Waals surface area contributed by atoms with Gasteiger partial charge in [-0.05, 0) is 18.4 Å². The minimum atomic E-state index is -0.341. The standard InChI is InChI=1S/C18H26O3/c1-3-4-5-6-7-8-15-9-11-16(12-10-15)17(19)13-14-18(20)21-2/h9-12H,3-8,13-14H2,1-2H3. The number of hydrogen-bond acceptors (Lipinski definition) is 3. The van der Waals surface area contributed by atoms with E-state index in [-0.39, 0.29) is 24.6 Å². The van der Waals surface area contributed by atoms with Crippen molar-refractivity contribution in [2.24, 2.45) is 0 Å². The van der Waals surface area contributed by atoms with Crippen LogP contribution < -0.4 is 0 Å². The van der Waals surface area contributed by atoms with Crippen LogP contribution in [0.3, 0.4) is 0 Å². The molecule has 0 fully saturated rings. The number of ether oxygens (including phenoxy) is 1. The molecule has 0 N–H and O–H groups in total. The minimum absolute atomic E-state index is 0.00473. The van der Waals surface area contributed by atoms with Gasteiger partial charge in [-0.1, -0.05) is 56.9 Å². The van der Waals surface area contributed by atoms with Crippen molar-refractivity contribution in [3.05, 3.63) is 35.4 Å². The molecule has 3 nitrogen and oxygen atoms in total. The third kappa shape index (κ3) is 7.07. The van der Waals surface area contributed by atoms with Crippen LogP contribution in [0, 0.1) is 0 Å². The molecule has 1 aromatic carbocycles. The van der Waals surface area contributed by atoms with Crippen LogP contribution in [0.4, 0.5) is 0 Å². The average Bonchev–Trinajstić information content (AvgIpc) is 2.52. The summed E-state index contributed by atoms with van der Waals surface area (Å²) in [6.07, 6.45) is 7.79. The Kier molecular flexibility index (Phi) is 8.41. The molecule has 0 saturated heterocycles. The Balaban J connectivity index is 2.35. The molecule has 0 bridgehead atoms. The zero-order valence-electron chi connectivity index (χ0n) is 13.2. The zero-order chi connectivity index (χ0) is 15.5. The van der Waals surface area contributed by atoms with E-state index in [9.17, 15) is 9.59 Å². The quantitative estimate of drug-likeness (QED) is 0.366. The van der Waals surface area contributed by atoms with E-state index < -0.39 is 0 Å². The van der Waals surface area contributed by atoms with Crippen molar-refractivity contribution >= 4 is 11.8 Å². The minimum Gasteiger partial charge on any atom is -0.469 e. The van der Waals surface area contributed by atoms with Crippen molar-refractivity contribution < 1.29 is 14.3 Å². The molecule has 21 heavy (non-hydrogen) atoms. The number of carbonyl (C=O) groups is 2. The summed E-state index contributed by atoms with van der Waals surface area (Å²) in [5.74, 6) is -0.345. The van der Waals surface area contributed by atoms with Crippen molar-refractivity contribution in [2.45, 2.75) is 58.3 Å². The second-order valence-electron chi connectivity index (χ2n) is 5.36. The van der Waals surface area contributed by atoms with Crippen LogP contribution in [0.2, 0.25) is 0 Å². The van der Waals surface area contributed by atoms with E-state index in [2.05, 4.69) is 11.7 Å². The Morgan fingerprint density at radius 3 is 2.24 bits per heavy atom. The van der Waals surface area contributed by atoms with E-state index in [1.165, 1.54) is 44.8 Å². The fraction of sp³-hybridized carbons (Fsp3) is 0.556. The van der Waals surface area contributed by atoms with Crippen LogP contribution in [-0.4, -0.2) is 18.9 Å². The summed E-state index contributed by atoms with van der Waals surface area (Å²) in [6, 6.07) is 7.76. The third-order valence-electron chi connectivity index (χ3n) is 3.63. The van der Waals surface area contributed by atoms with E-state index in [4.69, 9.17) is 0 Å². The van der Waals surface area contributed by atoms with Crippen molar-refractivity contribution in [1.82, 2.24) is 0 Å². The van der Waals surface area contributed by atoms with E-state index in [0.29, 0.717) is 5.56 Å². The lowest BCUT2D eigenvalue weighted by molar-refractivity contribution is -0.140. The van der Waals surface area contributed by atoms with Gasteiger partial charge in [0.2, 0.25) is 0 Å². The van der Waals surface area contributed by atoms with Gasteiger partial charge in [-0.15, -0.1) is 0 Å². The molecule has 1 aromatic rings. The van der Waals surface area contributed by atoms with Gasteiger partial charge in [0.15, 0.2) is 5.78 Å². The number of ketones is 1. The number of unbranched alkanes of at least 4 members (excludes halogenated alkanes) is 4. The predicted molar refractivity (Wildman–Crippen MR) is 84.5 cm³/mol. The maximum absolute atomic E-state index is 11.9. The summed E-state index contributed by atoms with van der Waals surface area (Å²) >= 11 is 0. The molecule has 0 atom stereocenters. The predicted octanol–water partition coefficient (Wildman–Crippen LogP) is 4.34. The first-order valence-corrected chi connectivity index (χ1v) is 7.86. The largest absolute Gasteiger partial charge is 0.469 e. The van der Waals surface area contributed by atoms with Crippen molar-refractivity contribution in [1.29, 1.82) is 0 Å². The molecular weight excluding hydrogens is 264 g/mol. The highest BCUT2D eigenvalue weighted by Gasteiger charge is 2.09. The highest BCUT2D eigenvalue weighted by Crippen LogP contribution is 2.12. The molecule has 0 amide bonds. The van der Waals surface area contributed by atoms with Gasteiger partial charge in [0, 0.05) is 12.0 Å². The van der Waals surface area contributed by atoms with Crippen molar-refractivity contribution in [3.63, 3.8) is 0 Å². The van der Waals surface area contributed by atoms with Gasteiger partial charge in [-0.2, -0.15) is 0 Å². The number of rotatable bonds is 10. The van der Waals surface area contributed by atoms with E-state index in [0.717, 1.165) is 6.42 Å². The number of Topliss-reactive ketones (excluding diaryl/α,β-unsaturated/α-hetero) is 1. The molecule has 0 saturated carbocycles. The first-order valence-electron chi connectivity index (χ1n) is 7.86. The van der Waals surface area contributed by atoms with Gasteiger partial charge in [0.05, 0.1) is 13.5 Å². The van der Waals surface area contributed by atoms with E-state index >= 15 is 0 Å². The number of hydrogen-bond donors (Lipinski definition) is 0. The second kappa shape index (κ2) is 10.1. The smallest absolute Gasteiger partial charge is 0.305 e. The fourth-order valence-corrected chi connectivity index (χ4v) is 2.25. The topological polar surface area (TPSA) is 43.4 Å². The SMILES string of the molecule is CCCCCCCc1ccc(C(=O)CCC(=O)OC)cc1. The number of esters is 1. The number of aryl methyl sites for hydroxylation is 1. The molecule has 1 rings (SSSR count). The van der Waals surface area contributed by atoms with Gasteiger partial charge in [0.1, 0.15) is 0 Å².